The molecule has 0 aliphatic heterocycles. The Morgan fingerprint density at radius 1 is 1.39 bits per heavy atom. The second-order valence-corrected chi connectivity index (χ2v) is 4.77. The van der Waals surface area contributed by atoms with Gasteiger partial charge in [-0.2, -0.15) is 5.10 Å². The first-order valence-electron chi connectivity index (χ1n) is 5.31. The van der Waals surface area contributed by atoms with Gasteiger partial charge in [-0.3, -0.25) is 4.79 Å². The largest absolute Gasteiger partial charge is 0.310 e. The van der Waals surface area contributed by atoms with Crippen molar-refractivity contribution >= 4 is 39.3 Å². The second-order valence-electron chi connectivity index (χ2n) is 3.65. The second kappa shape index (κ2) is 6.02. The first-order valence-corrected chi connectivity index (χ1v) is 6.64. The first kappa shape index (κ1) is 13.1. The summed E-state index contributed by atoms with van der Waals surface area (Å²) in [6, 6.07) is 9.61. The molecule has 2 aromatic rings. The molecule has 18 heavy (non-hydrogen) atoms. The smallest absolute Gasteiger partial charge is 0.240 e. The third-order valence-electron chi connectivity index (χ3n) is 2.38. The van der Waals surface area contributed by atoms with E-state index in [1.54, 1.807) is 16.9 Å². The van der Waals surface area contributed by atoms with E-state index in [4.69, 9.17) is 11.6 Å². The van der Waals surface area contributed by atoms with E-state index in [1.165, 1.54) is 0 Å². The maximum atomic E-state index is 11.3. The molecule has 6 heteroatoms. The van der Waals surface area contributed by atoms with Gasteiger partial charge in [0.25, 0.3) is 0 Å². The third kappa shape index (κ3) is 3.11. The van der Waals surface area contributed by atoms with Crippen LogP contribution in [0.2, 0.25) is 0 Å². The predicted molar refractivity (Wildman–Crippen MR) is 74.8 cm³/mol. The third-order valence-corrected chi connectivity index (χ3v) is 3.40. The Bertz CT molecular complexity index is 556. The quantitative estimate of drug-likeness (QED) is 0.877. The van der Waals surface area contributed by atoms with Crippen LogP contribution in [-0.4, -0.2) is 21.6 Å². The van der Waals surface area contributed by atoms with Crippen molar-refractivity contribution in [3.8, 4) is 0 Å². The Morgan fingerprint density at radius 2 is 2.17 bits per heavy atom. The van der Waals surface area contributed by atoms with Gasteiger partial charge in [-0.25, -0.2) is 4.68 Å². The molecule has 1 aromatic heterocycles. The molecule has 0 aliphatic rings. The van der Waals surface area contributed by atoms with Crippen LogP contribution in [0.15, 0.2) is 41.0 Å². The van der Waals surface area contributed by atoms with Crippen LogP contribution in [0, 0.1) is 0 Å². The van der Waals surface area contributed by atoms with Crippen LogP contribution < -0.4 is 5.32 Å². The number of carbonyl (C=O) groups is 1. The predicted octanol–water partition coefficient (Wildman–Crippen LogP) is 2.87. The summed E-state index contributed by atoms with van der Waals surface area (Å²) in [5.74, 6) is 0.321. The van der Waals surface area contributed by atoms with Gasteiger partial charge in [0.05, 0.1) is 12.7 Å². The molecule has 1 N–H and O–H groups in total. The van der Waals surface area contributed by atoms with Gasteiger partial charge >= 0.3 is 0 Å². The minimum absolute atomic E-state index is 0.0692. The summed E-state index contributed by atoms with van der Waals surface area (Å²) in [6.07, 6.45) is 1.64. The molecular formula is C12H11BrClN3O. The van der Waals surface area contributed by atoms with Crippen LogP contribution in [0.1, 0.15) is 5.56 Å². The lowest BCUT2D eigenvalue weighted by Gasteiger charge is -2.09. The number of rotatable bonds is 4. The van der Waals surface area contributed by atoms with E-state index in [1.807, 2.05) is 24.3 Å². The van der Waals surface area contributed by atoms with Gasteiger partial charge in [-0.1, -0.05) is 34.1 Å². The van der Waals surface area contributed by atoms with Gasteiger partial charge in [-0.15, -0.1) is 11.6 Å². The Morgan fingerprint density at radius 3 is 2.89 bits per heavy atom. The normalized spacial score (nSPS) is 10.3. The maximum Gasteiger partial charge on any atom is 0.240 e. The monoisotopic (exact) mass is 327 g/mol. The molecule has 0 radical (unpaired) electrons. The summed E-state index contributed by atoms with van der Waals surface area (Å²) in [4.78, 5) is 11.3. The molecule has 0 unspecified atom stereocenters. The van der Waals surface area contributed by atoms with Crippen LogP contribution in [0.3, 0.4) is 0 Å². The van der Waals surface area contributed by atoms with Gasteiger partial charge in [0.1, 0.15) is 11.7 Å². The fourth-order valence-electron chi connectivity index (χ4n) is 1.53. The highest BCUT2D eigenvalue weighted by Crippen LogP contribution is 2.18. The van der Waals surface area contributed by atoms with Gasteiger partial charge in [0.15, 0.2) is 0 Å². The SMILES string of the molecule is O=C(CCl)Nc1ccnn1Cc1ccccc1Br. The highest BCUT2D eigenvalue weighted by Gasteiger charge is 2.07. The van der Waals surface area contributed by atoms with Crippen molar-refractivity contribution < 1.29 is 4.79 Å². The van der Waals surface area contributed by atoms with E-state index >= 15 is 0 Å². The minimum atomic E-state index is -0.245. The van der Waals surface area contributed by atoms with Crippen LogP contribution in [-0.2, 0) is 11.3 Å². The van der Waals surface area contributed by atoms with E-state index in [-0.39, 0.29) is 11.8 Å². The lowest BCUT2D eigenvalue weighted by Crippen LogP contribution is -2.16. The molecule has 0 aliphatic carbocycles. The Labute approximate surface area is 118 Å². The highest BCUT2D eigenvalue weighted by atomic mass is 79.9. The number of halogens is 2. The summed E-state index contributed by atoms with van der Waals surface area (Å²) in [5, 5.41) is 6.87. The van der Waals surface area contributed by atoms with Gasteiger partial charge in [0, 0.05) is 10.5 Å². The lowest BCUT2D eigenvalue weighted by atomic mass is 10.2. The van der Waals surface area contributed by atoms with E-state index in [0.717, 1.165) is 10.0 Å². The molecule has 1 aromatic carbocycles. The van der Waals surface area contributed by atoms with Crippen molar-refractivity contribution in [3.05, 3.63) is 46.6 Å². The first-order chi connectivity index (χ1) is 8.70. The zero-order valence-corrected chi connectivity index (χ0v) is 11.8. The number of nitrogens with zero attached hydrogens (tertiary/aromatic N) is 2. The number of alkyl halides is 1. The molecule has 2 rings (SSSR count). The van der Waals surface area contributed by atoms with Crippen LogP contribution in [0.25, 0.3) is 0 Å². The van der Waals surface area contributed by atoms with Crippen molar-refractivity contribution in [3.63, 3.8) is 0 Å². The summed E-state index contributed by atoms with van der Waals surface area (Å²) in [5.41, 5.74) is 1.09. The van der Waals surface area contributed by atoms with Crippen LogP contribution in [0.5, 0.6) is 0 Å². The summed E-state index contributed by atoms with van der Waals surface area (Å²) >= 11 is 8.94. The number of amides is 1. The van der Waals surface area contributed by atoms with Crippen molar-refractivity contribution in [2.45, 2.75) is 6.54 Å². The zero-order chi connectivity index (χ0) is 13.0. The highest BCUT2D eigenvalue weighted by molar-refractivity contribution is 9.10. The Kier molecular flexibility index (Phi) is 4.38. The molecule has 94 valence electrons. The zero-order valence-electron chi connectivity index (χ0n) is 9.44. The van der Waals surface area contributed by atoms with Crippen LogP contribution >= 0.6 is 27.5 Å². The molecule has 0 saturated heterocycles. The average molecular weight is 329 g/mol. The molecule has 0 spiro atoms. The summed E-state index contributed by atoms with van der Waals surface area (Å²) in [7, 11) is 0. The van der Waals surface area contributed by atoms with Gasteiger partial charge in [-0.05, 0) is 11.6 Å². The van der Waals surface area contributed by atoms with Gasteiger partial charge < -0.3 is 5.32 Å². The number of nitrogens with one attached hydrogen (secondary N) is 1. The van der Waals surface area contributed by atoms with Gasteiger partial charge in [0.2, 0.25) is 5.91 Å². The number of carbonyl (C=O) groups excluding carboxylic acids is 1. The molecule has 0 atom stereocenters. The molecule has 1 amide bonds. The number of hydrogen-bond acceptors (Lipinski definition) is 2. The standard InChI is InChI=1S/C12H11BrClN3O/c13-10-4-2-1-3-9(10)8-17-11(5-6-15-17)16-12(18)7-14/h1-6H,7-8H2,(H,16,18). The van der Waals surface area contributed by atoms with E-state index in [2.05, 4.69) is 26.3 Å². The number of aromatic nitrogens is 2. The van der Waals surface area contributed by atoms with Crippen molar-refractivity contribution in [2.24, 2.45) is 0 Å². The van der Waals surface area contributed by atoms with Crippen LogP contribution in [0.4, 0.5) is 5.82 Å². The molecule has 4 nitrogen and oxygen atoms in total. The molecule has 0 fully saturated rings. The molecular weight excluding hydrogens is 318 g/mol. The fourth-order valence-corrected chi connectivity index (χ4v) is 2.01. The topological polar surface area (TPSA) is 46.9 Å². The summed E-state index contributed by atoms with van der Waals surface area (Å²) in [6.45, 7) is 0.576. The molecule has 0 bridgehead atoms. The fraction of sp³-hybridized carbons (Fsp3) is 0.167. The van der Waals surface area contributed by atoms with Crippen molar-refractivity contribution in [2.75, 3.05) is 11.2 Å². The maximum absolute atomic E-state index is 11.3. The Hall–Kier alpha value is -1.33. The van der Waals surface area contributed by atoms with E-state index in [0.29, 0.717) is 12.4 Å². The number of anilines is 1. The number of benzene rings is 1. The molecule has 1 heterocycles. The van der Waals surface area contributed by atoms with Crippen molar-refractivity contribution in [1.29, 1.82) is 0 Å². The average Bonchev–Trinajstić information content (AvgIpc) is 2.79. The van der Waals surface area contributed by atoms with Crippen molar-refractivity contribution in [1.82, 2.24) is 9.78 Å². The lowest BCUT2D eigenvalue weighted by molar-refractivity contribution is -0.114. The minimum Gasteiger partial charge on any atom is -0.310 e. The molecule has 0 saturated carbocycles. The Balaban J connectivity index is 2.18. The van der Waals surface area contributed by atoms with E-state index < -0.39 is 0 Å². The summed E-state index contributed by atoms with van der Waals surface area (Å²) < 4.78 is 2.72. The number of hydrogen-bond donors (Lipinski definition) is 1. The van der Waals surface area contributed by atoms with E-state index in [9.17, 15) is 4.79 Å².